The number of carboxylic acids is 1. The van der Waals surface area contributed by atoms with E-state index < -0.39 is 72.8 Å². The molecule has 5 amide bonds. The van der Waals surface area contributed by atoms with Gasteiger partial charge in [0.15, 0.2) is 6.61 Å². The van der Waals surface area contributed by atoms with Crippen molar-refractivity contribution in [3.8, 4) is 28.0 Å². The minimum absolute atomic E-state index is 0.0173. The first-order valence-corrected chi connectivity index (χ1v) is 21.8. The molecular formula is C53H51N5O8. The fourth-order valence-corrected chi connectivity index (χ4v) is 7.70. The molecule has 0 fully saturated rings. The van der Waals surface area contributed by atoms with Crippen LogP contribution in [0.25, 0.3) is 22.3 Å². The Balaban J connectivity index is 1.22. The topological polar surface area (TPSA) is 192 Å². The number of benzene rings is 6. The predicted molar refractivity (Wildman–Crippen MR) is 250 cm³/mol. The zero-order valence-corrected chi connectivity index (χ0v) is 36.2. The number of fused-ring (bicyclic) bond motifs is 16. The molecular weight excluding hydrogens is 835 g/mol. The number of carbonyl (C=O) groups is 6. The Bertz CT molecular complexity index is 2590. The zero-order valence-electron chi connectivity index (χ0n) is 36.2. The van der Waals surface area contributed by atoms with Crippen molar-refractivity contribution in [3.05, 3.63) is 186 Å². The fourth-order valence-electron chi connectivity index (χ4n) is 7.70. The van der Waals surface area contributed by atoms with E-state index in [1.807, 2.05) is 140 Å². The van der Waals surface area contributed by atoms with Crippen LogP contribution in [0, 0.1) is 0 Å². The molecule has 0 spiro atoms. The quantitative estimate of drug-likeness (QED) is 0.0903. The summed E-state index contributed by atoms with van der Waals surface area (Å²) in [4.78, 5) is 82.0. The van der Waals surface area contributed by atoms with E-state index in [2.05, 4.69) is 26.6 Å². The van der Waals surface area contributed by atoms with Gasteiger partial charge < -0.3 is 36.4 Å². The Morgan fingerprint density at radius 1 is 0.530 bits per heavy atom. The molecule has 2 heterocycles. The number of aryl methyl sites for hydroxylation is 1. The van der Waals surface area contributed by atoms with Crippen molar-refractivity contribution in [1.29, 1.82) is 0 Å². The Morgan fingerprint density at radius 2 is 1.00 bits per heavy atom. The van der Waals surface area contributed by atoms with Crippen LogP contribution < -0.4 is 31.3 Å². The third kappa shape index (κ3) is 13.2. The second kappa shape index (κ2) is 22.5. The standard InChI is InChI=1S/C53H51N5O8/c59-48-34-66-43-27-20-38(21-28-43)30-45(50(62)54-33-49(60)61)57-51(63)44(29-22-35-10-4-1-5-11-35)56-53(65)47(32-37-18-25-42(26-19-37)40-14-8-3-9-15-40)58-52(64)46(55-48)31-36-16-23-41(24-17-36)39-12-6-2-7-13-39/h1-21,23-28,44-47H,22,29-34H2,(H,54,62)(H,55,59)(H,56,65)(H,57,63)(H,58,64)(H,60,61)/t44-,45-,46-,47+/m0/s1. The number of aliphatic carboxylic acids is 1. The molecule has 336 valence electrons. The molecule has 66 heavy (non-hydrogen) atoms. The number of hydrogen-bond donors (Lipinski definition) is 6. The van der Waals surface area contributed by atoms with Crippen molar-refractivity contribution in [2.75, 3.05) is 13.2 Å². The summed E-state index contributed by atoms with van der Waals surface area (Å²) in [5.74, 6) is -4.27. The molecule has 6 N–H and O–H groups in total. The van der Waals surface area contributed by atoms with E-state index in [1.165, 1.54) is 0 Å². The summed E-state index contributed by atoms with van der Waals surface area (Å²) < 4.78 is 5.81. The van der Waals surface area contributed by atoms with Crippen LogP contribution in [-0.4, -0.2) is 77.9 Å². The first kappa shape index (κ1) is 45.9. The molecule has 0 aliphatic carbocycles. The van der Waals surface area contributed by atoms with Gasteiger partial charge in [-0.25, -0.2) is 0 Å². The van der Waals surface area contributed by atoms with Gasteiger partial charge in [0.25, 0.3) is 5.91 Å². The second-order valence-electron chi connectivity index (χ2n) is 16.1. The Labute approximate surface area is 383 Å². The van der Waals surface area contributed by atoms with Crippen molar-refractivity contribution in [1.82, 2.24) is 26.6 Å². The summed E-state index contributed by atoms with van der Waals surface area (Å²) >= 11 is 0. The van der Waals surface area contributed by atoms with Crippen LogP contribution in [0.2, 0.25) is 0 Å². The highest BCUT2D eigenvalue weighted by Gasteiger charge is 2.32. The summed E-state index contributed by atoms with van der Waals surface area (Å²) in [5.41, 5.74) is 6.90. The number of nitrogens with one attached hydrogen (secondary N) is 5. The predicted octanol–water partition coefficient (Wildman–Crippen LogP) is 5.21. The maximum absolute atomic E-state index is 14.7. The van der Waals surface area contributed by atoms with E-state index in [4.69, 9.17) is 4.74 Å². The van der Waals surface area contributed by atoms with Crippen LogP contribution in [0.15, 0.2) is 164 Å². The molecule has 2 aliphatic heterocycles. The smallest absolute Gasteiger partial charge is 0.322 e. The number of hydrogen-bond acceptors (Lipinski definition) is 7. The molecule has 0 aromatic heterocycles. The van der Waals surface area contributed by atoms with E-state index in [1.54, 1.807) is 24.3 Å². The number of ether oxygens (including phenoxy) is 1. The fraction of sp³-hybridized carbons (Fsp3) is 0.208. The SMILES string of the molecule is O=C(O)CNC(=O)[C@@H]1Cc2ccc(cc2)OCC(=O)N[C@@H](Cc2ccc(-c3ccccc3)cc2)C(=O)N[C@H](Cc2ccc(-c3ccccc3)cc2)C(=O)N[C@@H](CCc2ccccc2)C(=O)N1. The number of amides is 5. The van der Waals surface area contributed by atoms with Crippen molar-refractivity contribution in [2.45, 2.75) is 56.3 Å². The monoisotopic (exact) mass is 885 g/mol. The maximum Gasteiger partial charge on any atom is 0.322 e. The third-order valence-corrected chi connectivity index (χ3v) is 11.3. The lowest BCUT2D eigenvalue weighted by Crippen LogP contribution is -2.59. The zero-order chi connectivity index (χ0) is 46.3. The molecule has 4 atom stereocenters. The summed E-state index contributed by atoms with van der Waals surface area (Å²) in [5, 5.41) is 23.0. The molecule has 13 nitrogen and oxygen atoms in total. The first-order chi connectivity index (χ1) is 32.1. The van der Waals surface area contributed by atoms with Gasteiger partial charge in [-0.15, -0.1) is 0 Å². The molecule has 0 saturated heterocycles. The van der Waals surface area contributed by atoms with Crippen LogP contribution in [0.1, 0.15) is 28.7 Å². The first-order valence-electron chi connectivity index (χ1n) is 21.8. The molecule has 13 heteroatoms. The van der Waals surface area contributed by atoms with E-state index in [0.29, 0.717) is 23.3 Å². The molecule has 6 aromatic carbocycles. The van der Waals surface area contributed by atoms with Crippen molar-refractivity contribution >= 4 is 35.5 Å². The maximum atomic E-state index is 14.7. The minimum Gasteiger partial charge on any atom is -0.484 e. The van der Waals surface area contributed by atoms with Gasteiger partial charge in [0.05, 0.1) is 0 Å². The van der Waals surface area contributed by atoms with Gasteiger partial charge in [-0.1, -0.05) is 152 Å². The molecule has 6 aromatic rings. The molecule has 0 radical (unpaired) electrons. The number of rotatable bonds is 12. The van der Waals surface area contributed by atoms with Crippen molar-refractivity contribution < 1.29 is 38.6 Å². The van der Waals surface area contributed by atoms with Crippen molar-refractivity contribution in [2.24, 2.45) is 0 Å². The summed E-state index contributed by atoms with van der Waals surface area (Å²) in [6, 6.07) is 45.9. The normalized spacial score (nSPS) is 18.2. The summed E-state index contributed by atoms with van der Waals surface area (Å²) in [7, 11) is 0. The highest BCUT2D eigenvalue weighted by atomic mass is 16.5. The van der Waals surface area contributed by atoms with Gasteiger partial charge in [0.2, 0.25) is 23.6 Å². The minimum atomic E-state index is -1.27. The Hall–Kier alpha value is -8.06. The van der Waals surface area contributed by atoms with Crippen LogP contribution in [-0.2, 0) is 54.5 Å². The average Bonchev–Trinajstić information content (AvgIpc) is 3.34. The van der Waals surface area contributed by atoms with Crippen LogP contribution >= 0.6 is 0 Å². The largest absolute Gasteiger partial charge is 0.484 e. The summed E-state index contributed by atoms with van der Waals surface area (Å²) in [6.07, 6.45) is 0.536. The van der Waals surface area contributed by atoms with Crippen molar-refractivity contribution in [3.63, 3.8) is 0 Å². The number of carbonyl (C=O) groups excluding carboxylic acids is 5. The molecule has 0 saturated carbocycles. The molecule has 8 rings (SSSR count). The van der Waals surface area contributed by atoms with E-state index in [9.17, 15) is 33.9 Å². The van der Waals surface area contributed by atoms with Gasteiger partial charge in [-0.2, -0.15) is 0 Å². The Kier molecular flexibility index (Phi) is 15.7. The highest BCUT2D eigenvalue weighted by molar-refractivity contribution is 5.96. The van der Waals surface area contributed by atoms with Crippen LogP contribution in [0.3, 0.4) is 0 Å². The molecule has 2 aliphatic rings. The Morgan fingerprint density at radius 3 is 1.53 bits per heavy atom. The van der Waals surface area contributed by atoms with Crippen LogP contribution in [0.5, 0.6) is 5.75 Å². The van der Waals surface area contributed by atoms with E-state index in [0.717, 1.165) is 33.4 Å². The van der Waals surface area contributed by atoms with Gasteiger partial charge in [-0.05, 0) is 69.5 Å². The van der Waals surface area contributed by atoms with Gasteiger partial charge in [-0.3, -0.25) is 28.8 Å². The number of carboxylic acid groups (broad SMARTS) is 1. The lowest BCUT2D eigenvalue weighted by Gasteiger charge is -2.27. The third-order valence-electron chi connectivity index (χ3n) is 11.3. The molecule has 0 unspecified atom stereocenters. The second-order valence-corrected chi connectivity index (χ2v) is 16.1. The lowest BCUT2D eigenvalue weighted by molar-refractivity contribution is -0.138. The van der Waals surface area contributed by atoms with Crippen LogP contribution in [0.4, 0.5) is 0 Å². The van der Waals surface area contributed by atoms with E-state index >= 15 is 0 Å². The molecule has 2 bridgehead atoms. The van der Waals surface area contributed by atoms with E-state index in [-0.39, 0.29) is 25.7 Å². The average molecular weight is 886 g/mol. The van der Waals surface area contributed by atoms with Gasteiger partial charge >= 0.3 is 5.97 Å². The summed E-state index contributed by atoms with van der Waals surface area (Å²) in [6.45, 7) is -1.12. The van der Waals surface area contributed by atoms with Gasteiger partial charge in [0.1, 0.15) is 36.5 Å². The van der Waals surface area contributed by atoms with Gasteiger partial charge in [0, 0.05) is 19.3 Å². The lowest BCUT2D eigenvalue weighted by atomic mass is 9.98. The highest BCUT2D eigenvalue weighted by Crippen LogP contribution is 2.22.